The Morgan fingerprint density at radius 2 is 1.73 bits per heavy atom. The molecular formula is C27H24FNO4. The third-order valence-corrected chi connectivity index (χ3v) is 5.53. The summed E-state index contributed by atoms with van der Waals surface area (Å²) in [5, 5.41) is 3.71. The molecule has 0 fully saturated rings. The molecule has 0 unspecified atom stereocenters. The lowest BCUT2D eigenvalue weighted by Gasteiger charge is -2.13. The number of fused-ring (bicyclic) bond motifs is 1. The molecule has 0 bridgehead atoms. The highest BCUT2D eigenvalue weighted by molar-refractivity contribution is 6.06. The molecule has 0 spiro atoms. The number of rotatable bonds is 6. The van der Waals surface area contributed by atoms with Crippen LogP contribution in [0.4, 0.5) is 10.1 Å². The van der Waals surface area contributed by atoms with E-state index in [0.29, 0.717) is 22.8 Å². The third kappa shape index (κ3) is 4.46. The molecule has 4 aromatic rings. The number of nitrogens with one attached hydrogen (secondary N) is 1. The van der Waals surface area contributed by atoms with Gasteiger partial charge in [-0.1, -0.05) is 12.1 Å². The van der Waals surface area contributed by atoms with Crippen LogP contribution < -0.4 is 14.8 Å². The number of halogens is 1. The SMILES string of the molecule is COc1ccc(NC(=O)/C=C(\C)c2cc3c(-c4ccc(F)cc4)coc3c(C)c2OC)cc1. The summed E-state index contributed by atoms with van der Waals surface area (Å²) in [4.78, 5) is 12.7. The lowest BCUT2D eigenvalue weighted by molar-refractivity contribution is -0.111. The van der Waals surface area contributed by atoms with Gasteiger partial charge in [-0.25, -0.2) is 4.39 Å². The lowest BCUT2D eigenvalue weighted by Crippen LogP contribution is -2.08. The number of hydrogen-bond donors (Lipinski definition) is 1. The summed E-state index contributed by atoms with van der Waals surface area (Å²) < 4.78 is 30.0. The second kappa shape index (κ2) is 9.20. The van der Waals surface area contributed by atoms with Crippen molar-refractivity contribution < 1.29 is 23.1 Å². The van der Waals surface area contributed by atoms with E-state index in [9.17, 15) is 9.18 Å². The number of hydrogen-bond acceptors (Lipinski definition) is 4. The van der Waals surface area contributed by atoms with E-state index < -0.39 is 0 Å². The average Bonchev–Trinajstić information content (AvgIpc) is 3.24. The van der Waals surface area contributed by atoms with Crippen LogP contribution in [0.1, 0.15) is 18.1 Å². The van der Waals surface area contributed by atoms with Crippen LogP contribution in [0.3, 0.4) is 0 Å². The van der Waals surface area contributed by atoms with Gasteiger partial charge < -0.3 is 19.2 Å². The molecule has 0 aliphatic heterocycles. The number of carbonyl (C=O) groups is 1. The molecule has 0 aliphatic rings. The van der Waals surface area contributed by atoms with E-state index in [1.165, 1.54) is 18.2 Å². The number of amides is 1. The summed E-state index contributed by atoms with van der Waals surface area (Å²) in [6.45, 7) is 3.77. The van der Waals surface area contributed by atoms with Crippen LogP contribution in [0.5, 0.6) is 11.5 Å². The summed E-state index contributed by atoms with van der Waals surface area (Å²) in [6, 6.07) is 15.3. The Hall–Kier alpha value is -4.06. The summed E-state index contributed by atoms with van der Waals surface area (Å²) in [6.07, 6.45) is 3.19. The van der Waals surface area contributed by atoms with E-state index in [1.807, 2.05) is 19.9 Å². The molecule has 1 N–H and O–H groups in total. The third-order valence-electron chi connectivity index (χ3n) is 5.53. The van der Waals surface area contributed by atoms with Crippen molar-refractivity contribution in [3.63, 3.8) is 0 Å². The Labute approximate surface area is 191 Å². The first kappa shape index (κ1) is 22.1. The zero-order valence-corrected chi connectivity index (χ0v) is 18.9. The zero-order valence-electron chi connectivity index (χ0n) is 18.9. The highest BCUT2D eigenvalue weighted by atomic mass is 19.1. The molecule has 33 heavy (non-hydrogen) atoms. The van der Waals surface area contributed by atoms with Crippen molar-refractivity contribution in [1.82, 2.24) is 0 Å². The van der Waals surface area contributed by atoms with Crippen LogP contribution in [0.15, 0.2) is 71.4 Å². The van der Waals surface area contributed by atoms with E-state index in [-0.39, 0.29) is 11.7 Å². The molecule has 4 rings (SSSR count). The molecule has 168 valence electrons. The van der Waals surface area contributed by atoms with E-state index in [1.54, 1.807) is 56.9 Å². The number of allylic oxidation sites excluding steroid dienone is 1. The van der Waals surface area contributed by atoms with E-state index in [0.717, 1.165) is 33.2 Å². The molecule has 5 nitrogen and oxygen atoms in total. The molecule has 6 heteroatoms. The normalized spacial score (nSPS) is 11.5. The summed E-state index contributed by atoms with van der Waals surface area (Å²) in [5.41, 5.74) is 5.35. The van der Waals surface area contributed by atoms with Gasteiger partial charge >= 0.3 is 0 Å². The van der Waals surface area contributed by atoms with Gasteiger partial charge in [-0.3, -0.25) is 4.79 Å². The lowest BCUT2D eigenvalue weighted by atomic mass is 9.96. The monoisotopic (exact) mass is 445 g/mol. The number of anilines is 1. The zero-order chi connectivity index (χ0) is 23.5. The molecule has 0 aliphatic carbocycles. The maximum atomic E-state index is 13.4. The molecule has 0 saturated carbocycles. The van der Waals surface area contributed by atoms with Crippen LogP contribution in [0.25, 0.3) is 27.7 Å². The Balaban J connectivity index is 1.72. The Morgan fingerprint density at radius 3 is 2.36 bits per heavy atom. The van der Waals surface area contributed by atoms with Gasteiger partial charge in [-0.05, 0) is 67.4 Å². The van der Waals surface area contributed by atoms with Gasteiger partial charge in [0.2, 0.25) is 5.91 Å². The quantitative estimate of drug-likeness (QED) is 0.339. The fourth-order valence-corrected chi connectivity index (χ4v) is 3.85. The van der Waals surface area contributed by atoms with Gasteiger partial charge in [0.15, 0.2) is 0 Å². The fraction of sp³-hybridized carbons (Fsp3) is 0.148. The minimum atomic E-state index is -0.299. The second-order valence-corrected chi connectivity index (χ2v) is 7.66. The Kier molecular flexibility index (Phi) is 6.18. The molecule has 1 aromatic heterocycles. The van der Waals surface area contributed by atoms with Crippen molar-refractivity contribution in [1.29, 1.82) is 0 Å². The van der Waals surface area contributed by atoms with Gasteiger partial charge in [-0.15, -0.1) is 0 Å². The Morgan fingerprint density at radius 1 is 1.03 bits per heavy atom. The predicted octanol–water partition coefficient (Wildman–Crippen LogP) is 6.61. The Bertz CT molecular complexity index is 1340. The molecule has 1 heterocycles. The van der Waals surface area contributed by atoms with Crippen LogP contribution in [-0.4, -0.2) is 20.1 Å². The van der Waals surface area contributed by atoms with E-state index in [2.05, 4.69) is 5.32 Å². The molecule has 1 amide bonds. The van der Waals surface area contributed by atoms with E-state index >= 15 is 0 Å². The van der Waals surface area contributed by atoms with Crippen molar-refractivity contribution in [3.8, 4) is 22.6 Å². The summed E-state index contributed by atoms with van der Waals surface area (Å²) in [7, 11) is 3.18. The number of aryl methyl sites for hydroxylation is 1. The molecule has 0 atom stereocenters. The highest BCUT2D eigenvalue weighted by Crippen LogP contribution is 2.40. The summed E-state index contributed by atoms with van der Waals surface area (Å²) >= 11 is 0. The number of benzene rings is 3. The molecule has 0 saturated heterocycles. The van der Waals surface area contributed by atoms with Crippen molar-refractivity contribution >= 4 is 28.1 Å². The van der Waals surface area contributed by atoms with Crippen LogP contribution >= 0.6 is 0 Å². The predicted molar refractivity (Wildman–Crippen MR) is 128 cm³/mol. The van der Waals surface area contributed by atoms with Crippen LogP contribution in [0, 0.1) is 12.7 Å². The topological polar surface area (TPSA) is 60.7 Å². The maximum Gasteiger partial charge on any atom is 0.248 e. The summed E-state index contributed by atoms with van der Waals surface area (Å²) in [5.74, 6) is 0.786. The fourth-order valence-electron chi connectivity index (χ4n) is 3.85. The first-order valence-electron chi connectivity index (χ1n) is 10.4. The van der Waals surface area contributed by atoms with Gasteiger partial charge in [0.05, 0.1) is 20.5 Å². The largest absolute Gasteiger partial charge is 0.497 e. The van der Waals surface area contributed by atoms with Gasteiger partial charge in [0.1, 0.15) is 22.9 Å². The van der Waals surface area contributed by atoms with Crippen LogP contribution in [0.2, 0.25) is 0 Å². The van der Waals surface area contributed by atoms with Crippen molar-refractivity contribution in [2.24, 2.45) is 0 Å². The number of ether oxygens (including phenoxy) is 2. The van der Waals surface area contributed by atoms with Gasteiger partial charge in [0.25, 0.3) is 0 Å². The van der Waals surface area contributed by atoms with Gasteiger partial charge in [-0.2, -0.15) is 0 Å². The van der Waals surface area contributed by atoms with Gasteiger partial charge in [0, 0.05) is 33.8 Å². The minimum Gasteiger partial charge on any atom is -0.497 e. The minimum absolute atomic E-state index is 0.261. The average molecular weight is 445 g/mol. The molecule has 0 radical (unpaired) electrons. The van der Waals surface area contributed by atoms with Crippen molar-refractivity contribution in [2.45, 2.75) is 13.8 Å². The van der Waals surface area contributed by atoms with Crippen molar-refractivity contribution in [3.05, 3.63) is 83.9 Å². The van der Waals surface area contributed by atoms with Crippen LogP contribution in [-0.2, 0) is 4.79 Å². The first-order chi connectivity index (χ1) is 15.9. The maximum absolute atomic E-state index is 13.4. The van der Waals surface area contributed by atoms with E-state index in [4.69, 9.17) is 13.9 Å². The first-order valence-corrected chi connectivity index (χ1v) is 10.4. The number of carbonyl (C=O) groups excluding carboxylic acids is 1. The number of methoxy groups -OCH3 is 2. The van der Waals surface area contributed by atoms with Crippen molar-refractivity contribution in [2.75, 3.05) is 19.5 Å². The highest BCUT2D eigenvalue weighted by Gasteiger charge is 2.19. The molecular weight excluding hydrogens is 421 g/mol. The molecule has 3 aromatic carbocycles. The smallest absolute Gasteiger partial charge is 0.248 e. The number of furan rings is 1. The standard InChI is InChI=1S/C27H24FNO4/c1-16(13-25(30)29-20-9-11-21(31-3)12-10-20)22-14-23-24(18-5-7-19(28)8-6-18)15-33-27(23)17(2)26(22)32-4/h5-15H,1-4H3,(H,29,30)/b16-13+. The second-order valence-electron chi connectivity index (χ2n) is 7.66.